The molecule has 6 heteroatoms. The molecule has 0 aliphatic rings. The molecule has 2 unspecified atom stereocenters. The summed E-state index contributed by atoms with van der Waals surface area (Å²) in [5, 5.41) is 23.3. The normalized spacial score (nSPS) is 12.5. The van der Waals surface area contributed by atoms with E-state index in [2.05, 4.69) is 19.2 Å². The largest absolute Gasteiger partial charge is 0.466 e. The third-order valence-electron chi connectivity index (χ3n) is 13.9. The summed E-state index contributed by atoms with van der Waals surface area (Å²) in [6, 6.07) is -0.554. The first-order valence-corrected chi connectivity index (χ1v) is 29.3. The van der Waals surface area contributed by atoms with Crippen molar-refractivity contribution in [3.63, 3.8) is 0 Å². The number of nitrogens with one attached hydrogen (secondary N) is 1. The Morgan fingerprint density at radius 3 is 0.953 bits per heavy atom. The number of carbonyl (C=O) groups excluding carboxylic acids is 2. The van der Waals surface area contributed by atoms with Crippen LogP contribution in [0.3, 0.4) is 0 Å². The molecule has 0 heterocycles. The molecule has 0 aromatic rings. The van der Waals surface area contributed by atoms with Gasteiger partial charge in [0.15, 0.2) is 0 Å². The molecule has 0 aromatic carbocycles. The summed E-state index contributed by atoms with van der Waals surface area (Å²) in [5.74, 6) is -0.0575. The number of aliphatic hydroxyl groups excluding tert-OH is 2. The molecule has 382 valence electrons. The molecule has 2 atom stereocenters. The van der Waals surface area contributed by atoms with E-state index in [-0.39, 0.29) is 18.5 Å². The molecule has 0 fully saturated rings. The summed E-state index contributed by atoms with van der Waals surface area (Å²) >= 11 is 0. The average molecular weight is 907 g/mol. The second kappa shape index (κ2) is 54.5. The van der Waals surface area contributed by atoms with Gasteiger partial charge >= 0.3 is 5.97 Å². The van der Waals surface area contributed by atoms with Crippen LogP contribution in [-0.4, -0.2) is 47.4 Å². The van der Waals surface area contributed by atoms with Crippen molar-refractivity contribution >= 4 is 11.9 Å². The zero-order valence-electron chi connectivity index (χ0n) is 43.5. The fraction of sp³-hybridized carbons (Fsp3) is 0.966. The van der Waals surface area contributed by atoms with Crippen molar-refractivity contribution in [2.45, 2.75) is 347 Å². The van der Waals surface area contributed by atoms with Gasteiger partial charge in [0.05, 0.1) is 25.4 Å². The van der Waals surface area contributed by atoms with Gasteiger partial charge in [0.2, 0.25) is 5.91 Å². The zero-order valence-corrected chi connectivity index (χ0v) is 43.5. The predicted octanol–water partition coefficient (Wildman–Crippen LogP) is 17.9. The summed E-state index contributed by atoms with van der Waals surface area (Å²) in [6.45, 7) is 4.95. The van der Waals surface area contributed by atoms with Gasteiger partial charge < -0.3 is 20.3 Å². The van der Waals surface area contributed by atoms with Crippen LogP contribution in [0.5, 0.6) is 0 Å². The van der Waals surface area contributed by atoms with Gasteiger partial charge in [-0.05, 0) is 25.7 Å². The fourth-order valence-electron chi connectivity index (χ4n) is 9.41. The standard InChI is InChI=1S/C58H115NO5/c1-3-5-7-9-11-13-15-17-19-21-23-25-27-30-34-38-42-46-50-56(61)55(54-60)59-57(62)51-47-43-39-35-31-29-33-37-41-45-49-53-64-58(63)52-48-44-40-36-32-28-26-24-22-20-18-16-14-12-10-8-6-4-2/h55-56,60-61H,3-54H2,1-2H3,(H,59,62). The maximum absolute atomic E-state index is 12.5. The molecule has 0 spiro atoms. The topological polar surface area (TPSA) is 95.9 Å². The summed E-state index contributed by atoms with van der Waals surface area (Å²) in [6.07, 6.45) is 62.3. The molecule has 0 aliphatic heterocycles. The molecule has 0 saturated carbocycles. The van der Waals surface area contributed by atoms with Crippen LogP contribution in [0.2, 0.25) is 0 Å². The van der Waals surface area contributed by atoms with Crippen LogP contribution in [0.1, 0.15) is 335 Å². The summed E-state index contributed by atoms with van der Waals surface area (Å²) in [4.78, 5) is 24.6. The van der Waals surface area contributed by atoms with E-state index >= 15 is 0 Å². The van der Waals surface area contributed by atoms with Gasteiger partial charge in [-0.3, -0.25) is 9.59 Å². The monoisotopic (exact) mass is 906 g/mol. The quantitative estimate of drug-likeness (QED) is 0.0417. The van der Waals surface area contributed by atoms with Crippen molar-refractivity contribution in [2.24, 2.45) is 0 Å². The number of hydrogen-bond acceptors (Lipinski definition) is 5. The van der Waals surface area contributed by atoms with Gasteiger partial charge in [0.1, 0.15) is 0 Å². The van der Waals surface area contributed by atoms with Gasteiger partial charge in [0, 0.05) is 12.8 Å². The Balaban J connectivity index is 3.43. The summed E-state index contributed by atoms with van der Waals surface area (Å²) in [5.41, 5.74) is 0. The first kappa shape index (κ1) is 62.9. The number of esters is 1. The zero-order chi connectivity index (χ0) is 46.5. The lowest BCUT2D eigenvalue weighted by atomic mass is 10.0. The molecule has 1 amide bonds. The van der Waals surface area contributed by atoms with E-state index in [1.807, 2.05) is 0 Å². The molecule has 6 nitrogen and oxygen atoms in total. The van der Waals surface area contributed by atoms with E-state index in [9.17, 15) is 19.8 Å². The molecule has 3 N–H and O–H groups in total. The van der Waals surface area contributed by atoms with Crippen molar-refractivity contribution in [1.82, 2.24) is 5.32 Å². The second-order valence-electron chi connectivity index (χ2n) is 20.3. The van der Waals surface area contributed by atoms with E-state index < -0.39 is 12.1 Å². The molecule has 64 heavy (non-hydrogen) atoms. The summed E-state index contributed by atoms with van der Waals surface area (Å²) < 4.78 is 5.48. The third-order valence-corrected chi connectivity index (χ3v) is 13.9. The van der Waals surface area contributed by atoms with Crippen LogP contribution in [0.4, 0.5) is 0 Å². The van der Waals surface area contributed by atoms with Crippen LogP contribution in [0.25, 0.3) is 0 Å². The fourth-order valence-corrected chi connectivity index (χ4v) is 9.41. The lowest BCUT2D eigenvalue weighted by Crippen LogP contribution is -2.45. The Hall–Kier alpha value is -1.14. The number of hydrogen-bond donors (Lipinski definition) is 3. The Bertz CT molecular complexity index is 913. The summed E-state index contributed by atoms with van der Waals surface area (Å²) in [7, 11) is 0. The van der Waals surface area contributed by atoms with Crippen LogP contribution in [-0.2, 0) is 14.3 Å². The van der Waals surface area contributed by atoms with Gasteiger partial charge in [0.25, 0.3) is 0 Å². The van der Waals surface area contributed by atoms with Crippen molar-refractivity contribution in [3.05, 3.63) is 0 Å². The molecular weight excluding hydrogens is 791 g/mol. The van der Waals surface area contributed by atoms with E-state index in [4.69, 9.17) is 4.74 Å². The number of aliphatic hydroxyl groups is 2. The molecule has 0 saturated heterocycles. The maximum Gasteiger partial charge on any atom is 0.305 e. The predicted molar refractivity (Wildman–Crippen MR) is 278 cm³/mol. The van der Waals surface area contributed by atoms with Gasteiger partial charge in [-0.15, -0.1) is 0 Å². The Morgan fingerprint density at radius 1 is 0.375 bits per heavy atom. The van der Waals surface area contributed by atoms with Crippen LogP contribution >= 0.6 is 0 Å². The molecule has 0 aromatic heterocycles. The van der Waals surface area contributed by atoms with Gasteiger partial charge in [-0.25, -0.2) is 0 Å². The lowest BCUT2D eigenvalue weighted by molar-refractivity contribution is -0.143. The first-order chi connectivity index (χ1) is 31.5. The average Bonchev–Trinajstić information content (AvgIpc) is 3.29. The highest BCUT2D eigenvalue weighted by Gasteiger charge is 2.20. The van der Waals surface area contributed by atoms with Gasteiger partial charge in [-0.1, -0.05) is 296 Å². The van der Waals surface area contributed by atoms with Crippen LogP contribution in [0.15, 0.2) is 0 Å². The van der Waals surface area contributed by atoms with Crippen molar-refractivity contribution < 1.29 is 24.5 Å². The van der Waals surface area contributed by atoms with Crippen LogP contribution < -0.4 is 5.32 Å². The number of ether oxygens (including phenoxy) is 1. The third kappa shape index (κ3) is 50.3. The number of unbranched alkanes of at least 4 members (excludes halogenated alkanes) is 44. The number of amides is 1. The SMILES string of the molecule is CCCCCCCCCCCCCCCCCCCCC(=O)OCCCCCCCCCCCCCC(=O)NC(CO)C(O)CCCCCCCCCCCCCCCCCCCC. The Labute approximate surface area is 400 Å². The minimum absolute atomic E-state index is 0.00792. The number of rotatable bonds is 55. The van der Waals surface area contributed by atoms with Crippen LogP contribution in [0, 0.1) is 0 Å². The lowest BCUT2D eigenvalue weighted by Gasteiger charge is -2.22. The molecule has 0 bridgehead atoms. The molecular formula is C58H115NO5. The van der Waals surface area contributed by atoms with E-state index in [1.165, 1.54) is 244 Å². The second-order valence-corrected chi connectivity index (χ2v) is 20.3. The molecule has 0 rings (SSSR count). The highest BCUT2D eigenvalue weighted by atomic mass is 16.5. The van der Waals surface area contributed by atoms with Crippen molar-refractivity contribution in [2.75, 3.05) is 13.2 Å². The minimum atomic E-state index is -0.675. The molecule has 0 radical (unpaired) electrons. The highest BCUT2D eigenvalue weighted by molar-refractivity contribution is 5.76. The number of carbonyl (C=O) groups is 2. The smallest absolute Gasteiger partial charge is 0.305 e. The maximum atomic E-state index is 12.5. The van der Waals surface area contributed by atoms with Gasteiger partial charge in [-0.2, -0.15) is 0 Å². The van der Waals surface area contributed by atoms with E-state index in [1.54, 1.807) is 0 Å². The van der Waals surface area contributed by atoms with E-state index in [0.717, 1.165) is 57.8 Å². The van der Waals surface area contributed by atoms with E-state index in [0.29, 0.717) is 25.9 Å². The minimum Gasteiger partial charge on any atom is -0.466 e. The van der Waals surface area contributed by atoms with Crippen molar-refractivity contribution in [3.8, 4) is 0 Å². The highest BCUT2D eigenvalue weighted by Crippen LogP contribution is 2.18. The first-order valence-electron chi connectivity index (χ1n) is 29.3. The Morgan fingerprint density at radius 2 is 0.641 bits per heavy atom. The Kier molecular flexibility index (Phi) is 53.5. The molecule has 0 aliphatic carbocycles. The van der Waals surface area contributed by atoms with Crippen molar-refractivity contribution in [1.29, 1.82) is 0 Å².